The van der Waals surface area contributed by atoms with Crippen LogP contribution in [0.15, 0.2) is 36.5 Å². The minimum atomic E-state index is -0.0229. The van der Waals surface area contributed by atoms with Crippen molar-refractivity contribution in [3.8, 4) is 11.3 Å². The minimum absolute atomic E-state index is 0.00559. The number of hydrogen-bond acceptors (Lipinski definition) is 3. The lowest BCUT2D eigenvalue weighted by molar-refractivity contribution is -0.119. The Labute approximate surface area is 125 Å². The normalized spacial score (nSPS) is 12.0. The van der Waals surface area contributed by atoms with E-state index < -0.39 is 0 Å². The molecule has 1 atom stereocenters. The zero-order valence-corrected chi connectivity index (χ0v) is 12.8. The number of amides is 1. The molecule has 1 N–H and O–H groups in total. The van der Waals surface area contributed by atoms with Crippen molar-refractivity contribution in [3.63, 3.8) is 0 Å². The molecule has 0 saturated heterocycles. The Hall–Kier alpha value is -2.23. The van der Waals surface area contributed by atoms with Gasteiger partial charge in [0, 0.05) is 11.5 Å². The molecule has 0 aliphatic carbocycles. The van der Waals surface area contributed by atoms with Gasteiger partial charge in [0.15, 0.2) is 5.82 Å². The van der Waals surface area contributed by atoms with Crippen LogP contribution in [0.3, 0.4) is 0 Å². The number of benzene rings is 1. The smallest absolute Gasteiger partial charge is 0.228 e. The van der Waals surface area contributed by atoms with Crippen LogP contribution in [-0.2, 0) is 11.2 Å². The highest BCUT2D eigenvalue weighted by molar-refractivity contribution is 5.91. The van der Waals surface area contributed by atoms with Gasteiger partial charge >= 0.3 is 0 Å². The molecule has 1 unspecified atom stereocenters. The lowest BCUT2D eigenvalue weighted by atomic mass is 10.1. The number of rotatable bonds is 5. The Kier molecular flexibility index (Phi) is 5.04. The van der Waals surface area contributed by atoms with E-state index in [1.807, 2.05) is 51.1 Å². The van der Waals surface area contributed by atoms with Crippen LogP contribution in [0.25, 0.3) is 11.3 Å². The van der Waals surface area contributed by atoms with Crippen molar-refractivity contribution >= 4 is 11.7 Å². The summed E-state index contributed by atoms with van der Waals surface area (Å²) in [6.45, 7) is 5.92. The molecule has 4 nitrogen and oxygen atoms in total. The highest BCUT2D eigenvalue weighted by atomic mass is 16.1. The fraction of sp³-hybridized carbons (Fsp3) is 0.353. The predicted octanol–water partition coefficient (Wildman–Crippen LogP) is 3.69. The zero-order chi connectivity index (χ0) is 15.2. The molecule has 2 rings (SSSR count). The van der Waals surface area contributed by atoms with Crippen LogP contribution in [-0.4, -0.2) is 15.9 Å². The second-order valence-corrected chi connectivity index (χ2v) is 5.07. The SMILES string of the molecule is CCc1nc(-c2ccccc2)cnc1NC(=O)C(C)CC. The maximum Gasteiger partial charge on any atom is 0.228 e. The number of hydrogen-bond donors (Lipinski definition) is 1. The molecule has 1 aromatic carbocycles. The zero-order valence-electron chi connectivity index (χ0n) is 12.8. The van der Waals surface area contributed by atoms with Gasteiger partial charge in [0.05, 0.1) is 17.6 Å². The summed E-state index contributed by atoms with van der Waals surface area (Å²) in [7, 11) is 0. The molecular weight excluding hydrogens is 262 g/mol. The van der Waals surface area contributed by atoms with Crippen molar-refractivity contribution < 1.29 is 4.79 Å². The number of nitrogens with zero attached hydrogens (tertiary/aromatic N) is 2. The highest BCUT2D eigenvalue weighted by Crippen LogP contribution is 2.20. The van der Waals surface area contributed by atoms with Crippen molar-refractivity contribution in [1.29, 1.82) is 0 Å². The first-order valence-corrected chi connectivity index (χ1v) is 7.37. The Morgan fingerprint density at radius 1 is 1.24 bits per heavy atom. The van der Waals surface area contributed by atoms with Gasteiger partial charge < -0.3 is 5.32 Å². The molecule has 0 aliphatic heterocycles. The Balaban J connectivity index is 2.27. The fourth-order valence-electron chi connectivity index (χ4n) is 1.95. The molecule has 0 bridgehead atoms. The van der Waals surface area contributed by atoms with Crippen LogP contribution >= 0.6 is 0 Å². The van der Waals surface area contributed by atoms with E-state index in [-0.39, 0.29) is 11.8 Å². The molecule has 4 heteroatoms. The summed E-state index contributed by atoms with van der Waals surface area (Å²) < 4.78 is 0. The first kappa shape index (κ1) is 15.2. The molecule has 1 aromatic heterocycles. The van der Waals surface area contributed by atoms with Gasteiger partial charge in [0.1, 0.15) is 0 Å². The average Bonchev–Trinajstić information content (AvgIpc) is 2.55. The van der Waals surface area contributed by atoms with E-state index in [2.05, 4.69) is 15.3 Å². The molecule has 0 spiro atoms. The summed E-state index contributed by atoms with van der Waals surface area (Å²) in [4.78, 5) is 21.0. The molecule has 1 amide bonds. The van der Waals surface area contributed by atoms with E-state index in [1.54, 1.807) is 6.20 Å². The van der Waals surface area contributed by atoms with Gasteiger partial charge in [0.2, 0.25) is 5.91 Å². The van der Waals surface area contributed by atoms with Crippen molar-refractivity contribution in [2.24, 2.45) is 5.92 Å². The number of anilines is 1. The van der Waals surface area contributed by atoms with Crippen molar-refractivity contribution in [3.05, 3.63) is 42.2 Å². The molecular formula is C17H21N3O. The molecule has 0 aliphatic rings. The quantitative estimate of drug-likeness (QED) is 0.910. The maximum atomic E-state index is 12.0. The van der Waals surface area contributed by atoms with Gasteiger partial charge in [-0.15, -0.1) is 0 Å². The van der Waals surface area contributed by atoms with Crippen LogP contribution in [0.1, 0.15) is 32.9 Å². The summed E-state index contributed by atoms with van der Waals surface area (Å²) in [6.07, 6.45) is 3.24. The lowest BCUT2D eigenvalue weighted by Gasteiger charge is -2.12. The topological polar surface area (TPSA) is 54.9 Å². The minimum Gasteiger partial charge on any atom is -0.309 e. The van der Waals surface area contributed by atoms with Gasteiger partial charge in [-0.25, -0.2) is 9.97 Å². The number of nitrogens with one attached hydrogen (secondary N) is 1. The van der Waals surface area contributed by atoms with Crippen LogP contribution in [0.5, 0.6) is 0 Å². The summed E-state index contributed by atoms with van der Waals surface area (Å²) in [5.41, 5.74) is 2.67. The second-order valence-electron chi connectivity index (χ2n) is 5.07. The van der Waals surface area contributed by atoms with Crippen LogP contribution in [0, 0.1) is 5.92 Å². The number of carbonyl (C=O) groups is 1. The largest absolute Gasteiger partial charge is 0.309 e. The van der Waals surface area contributed by atoms with Crippen molar-refractivity contribution in [2.45, 2.75) is 33.6 Å². The van der Waals surface area contributed by atoms with Gasteiger partial charge in [-0.1, -0.05) is 51.1 Å². The van der Waals surface area contributed by atoms with E-state index in [0.29, 0.717) is 5.82 Å². The third-order valence-electron chi connectivity index (χ3n) is 3.55. The lowest BCUT2D eigenvalue weighted by Crippen LogP contribution is -2.21. The van der Waals surface area contributed by atoms with Crippen molar-refractivity contribution in [2.75, 3.05) is 5.32 Å². The Bertz CT molecular complexity index is 611. The molecule has 1 heterocycles. The number of aromatic nitrogens is 2. The summed E-state index contributed by atoms with van der Waals surface area (Å²) >= 11 is 0. The molecule has 0 radical (unpaired) electrons. The van der Waals surface area contributed by atoms with Crippen LogP contribution in [0.2, 0.25) is 0 Å². The van der Waals surface area contributed by atoms with E-state index in [4.69, 9.17) is 0 Å². The summed E-state index contributed by atoms with van der Waals surface area (Å²) in [6, 6.07) is 9.92. The predicted molar refractivity (Wildman–Crippen MR) is 84.9 cm³/mol. The third-order valence-corrected chi connectivity index (χ3v) is 3.55. The monoisotopic (exact) mass is 283 g/mol. The summed E-state index contributed by atoms with van der Waals surface area (Å²) in [5, 5.41) is 2.88. The Morgan fingerprint density at radius 2 is 1.95 bits per heavy atom. The van der Waals surface area contributed by atoms with Crippen LogP contribution in [0.4, 0.5) is 5.82 Å². The first-order chi connectivity index (χ1) is 10.2. The highest BCUT2D eigenvalue weighted by Gasteiger charge is 2.14. The second kappa shape index (κ2) is 6.97. The maximum absolute atomic E-state index is 12.0. The van der Waals surface area contributed by atoms with E-state index in [1.165, 1.54) is 0 Å². The van der Waals surface area contributed by atoms with Gasteiger partial charge in [-0.3, -0.25) is 4.79 Å². The fourth-order valence-corrected chi connectivity index (χ4v) is 1.95. The van der Waals surface area contributed by atoms with Crippen molar-refractivity contribution in [1.82, 2.24) is 9.97 Å². The standard InChI is InChI=1S/C17H21N3O/c1-4-12(3)17(21)20-16-14(5-2)19-15(11-18-16)13-9-7-6-8-10-13/h6-12H,4-5H2,1-3H3,(H,18,20,21). The first-order valence-electron chi connectivity index (χ1n) is 7.37. The number of carbonyl (C=O) groups excluding carboxylic acids is 1. The molecule has 0 saturated carbocycles. The number of aryl methyl sites for hydroxylation is 1. The molecule has 21 heavy (non-hydrogen) atoms. The average molecular weight is 283 g/mol. The van der Waals surface area contributed by atoms with E-state index >= 15 is 0 Å². The molecule has 2 aromatic rings. The van der Waals surface area contributed by atoms with Gasteiger partial charge in [-0.2, -0.15) is 0 Å². The van der Waals surface area contributed by atoms with E-state index in [0.717, 1.165) is 29.8 Å². The Morgan fingerprint density at radius 3 is 2.57 bits per heavy atom. The van der Waals surface area contributed by atoms with Gasteiger partial charge in [0.25, 0.3) is 0 Å². The van der Waals surface area contributed by atoms with Crippen LogP contribution < -0.4 is 5.32 Å². The molecule has 110 valence electrons. The third kappa shape index (κ3) is 3.66. The van der Waals surface area contributed by atoms with Gasteiger partial charge in [-0.05, 0) is 12.8 Å². The molecule has 0 fully saturated rings. The summed E-state index contributed by atoms with van der Waals surface area (Å²) in [5.74, 6) is 0.543. The van der Waals surface area contributed by atoms with E-state index in [9.17, 15) is 4.79 Å².